The molecular formula is C12H17IN2. The van der Waals surface area contributed by atoms with Crippen LogP contribution in [0.4, 0.5) is 5.69 Å². The number of benzene rings is 1. The Bertz CT molecular complexity index is 323. The number of nitrogens with zero attached hydrogens (tertiary/aromatic N) is 1. The Labute approximate surface area is 105 Å². The van der Waals surface area contributed by atoms with E-state index >= 15 is 0 Å². The molecular weight excluding hydrogens is 299 g/mol. The highest BCUT2D eigenvalue weighted by Gasteiger charge is 2.22. The molecule has 82 valence electrons. The summed E-state index contributed by atoms with van der Waals surface area (Å²) >= 11 is 2.34. The van der Waals surface area contributed by atoms with Gasteiger partial charge in [-0.1, -0.05) is 6.92 Å². The smallest absolute Gasteiger partial charge is 0.0367 e. The van der Waals surface area contributed by atoms with Gasteiger partial charge in [0.2, 0.25) is 0 Å². The Morgan fingerprint density at radius 2 is 2.00 bits per heavy atom. The largest absolute Gasteiger partial charge is 0.371 e. The fourth-order valence-electron chi connectivity index (χ4n) is 2.05. The van der Waals surface area contributed by atoms with E-state index in [4.69, 9.17) is 5.73 Å². The van der Waals surface area contributed by atoms with Crippen LogP contribution in [0.3, 0.4) is 0 Å². The lowest BCUT2D eigenvalue weighted by Gasteiger charge is -2.36. The summed E-state index contributed by atoms with van der Waals surface area (Å²) in [6.07, 6.45) is 1.10. The number of hydrogen-bond acceptors (Lipinski definition) is 2. The van der Waals surface area contributed by atoms with Crippen LogP contribution < -0.4 is 10.6 Å². The van der Waals surface area contributed by atoms with Gasteiger partial charge in [-0.2, -0.15) is 0 Å². The zero-order valence-corrected chi connectivity index (χ0v) is 11.1. The maximum absolute atomic E-state index is 6.01. The maximum atomic E-state index is 6.01. The molecule has 2 atom stereocenters. The fourth-order valence-corrected chi connectivity index (χ4v) is 2.41. The summed E-state index contributed by atoms with van der Waals surface area (Å²) in [5, 5.41) is 0. The summed E-state index contributed by atoms with van der Waals surface area (Å²) in [5.41, 5.74) is 7.34. The van der Waals surface area contributed by atoms with Crippen LogP contribution in [-0.4, -0.2) is 19.1 Å². The quantitative estimate of drug-likeness (QED) is 0.807. The molecule has 1 aliphatic rings. The van der Waals surface area contributed by atoms with Crippen LogP contribution >= 0.6 is 22.6 Å². The number of rotatable bonds is 1. The second kappa shape index (κ2) is 4.70. The van der Waals surface area contributed by atoms with Gasteiger partial charge < -0.3 is 10.6 Å². The highest BCUT2D eigenvalue weighted by atomic mass is 127. The van der Waals surface area contributed by atoms with E-state index in [0.29, 0.717) is 12.0 Å². The number of nitrogens with two attached hydrogens (primary N) is 1. The Morgan fingerprint density at radius 1 is 1.33 bits per heavy atom. The Balaban J connectivity index is 2.08. The monoisotopic (exact) mass is 316 g/mol. The van der Waals surface area contributed by atoms with Crippen LogP contribution in [-0.2, 0) is 0 Å². The van der Waals surface area contributed by atoms with Crippen LogP contribution in [0, 0.1) is 9.49 Å². The first-order chi connectivity index (χ1) is 7.16. The normalized spacial score (nSPS) is 26.7. The molecule has 2 nitrogen and oxygen atoms in total. The number of piperidine rings is 1. The Morgan fingerprint density at radius 3 is 2.60 bits per heavy atom. The molecule has 1 saturated heterocycles. The SMILES string of the molecule is CC1CN(c2ccc(I)cc2)CCC1N. The maximum Gasteiger partial charge on any atom is 0.0367 e. The highest BCUT2D eigenvalue weighted by Crippen LogP contribution is 2.22. The molecule has 2 N–H and O–H groups in total. The topological polar surface area (TPSA) is 29.3 Å². The van der Waals surface area contributed by atoms with Gasteiger partial charge in [0.1, 0.15) is 0 Å². The molecule has 1 aromatic carbocycles. The lowest BCUT2D eigenvalue weighted by atomic mass is 9.94. The zero-order chi connectivity index (χ0) is 10.8. The summed E-state index contributed by atoms with van der Waals surface area (Å²) in [6.45, 7) is 4.41. The van der Waals surface area contributed by atoms with Crippen LogP contribution in [0.2, 0.25) is 0 Å². The molecule has 2 unspecified atom stereocenters. The van der Waals surface area contributed by atoms with Crippen LogP contribution in [0.25, 0.3) is 0 Å². The lowest BCUT2D eigenvalue weighted by Crippen LogP contribution is -2.45. The minimum Gasteiger partial charge on any atom is -0.371 e. The third kappa shape index (κ3) is 2.64. The molecule has 15 heavy (non-hydrogen) atoms. The van der Waals surface area contributed by atoms with Crippen LogP contribution in [0.5, 0.6) is 0 Å². The van der Waals surface area contributed by atoms with E-state index in [9.17, 15) is 0 Å². The van der Waals surface area contributed by atoms with Crippen molar-refractivity contribution in [2.75, 3.05) is 18.0 Å². The Kier molecular flexibility index (Phi) is 3.51. The number of anilines is 1. The van der Waals surface area contributed by atoms with E-state index in [2.05, 4.69) is 58.7 Å². The number of halogens is 1. The molecule has 0 amide bonds. The second-order valence-corrected chi connectivity index (χ2v) is 5.60. The average molecular weight is 316 g/mol. The molecule has 0 aromatic heterocycles. The summed E-state index contributed by atoms with van der Waals surface area (Å²) < 4.78 is 1.29. The van der Waals surface area contributed by atoms with Gasteiger partial charge in [-0.25, -0.2) is 0 Å². The first-order valence-corrected chi connectivity index (χ1v) is 6.51. The predicted molar refractivity (Wildman–Crippen MR) is 73.1 cm³/mol. The lowest BCUT2D eigenvalue weighted by molar-refractivity contribution is 0.383. The molecule has 0 radical (unpaired) electrons. The van der Waals surface area contributed by atoms with Crippen LogP contribution in [0.1, 0.15) is 13.3 Å². The standard InChI is InChI=1S/C12H17IN2/c1-9-8-15(7-6-12(9)14)11-4-2-10(13)3-5-11/h2-5,9,12H,6-8,14H2,1H3. The van der Waals surface area contributed by atoms with E-state index in [1.807, 2.05) is 0 Å². The van der Waals surface area contributed by atoms with Gasteiger partial charge in [-0.05, 0) is 59.2 Å². The molecule has 1 heterocycles. The van der Waals surface area contributed by atoms with Crippen molar-refractivity contribution in [3.63, 3.8) is 0 Å². The van der Waals surface area contributed by atoms with Crippen molar-refractivity contribution >= 4 is 28.3 Å². The molecule has 0 spiro atoms. The molecule has 0 saturated carbocycles. The Hall–Kier alpha value is -0.290. The molecule has 0 bridgehead atoms. The summed E-state index contributed by atoms with van der Waals surface area (Å²) in [7, 11) is 0. The second-order valence-electron chi connectivity index (χ2n) is 4.35. The molecule has 1 aromatic rings. The van der Waals surface area contributed by atoms with Crippen molar-refractivity contribution in [2.24, 2.45) is 11.7 Å². The molecule has 1 fully saturated rings. The molecule has 0 aliphatic carbocycles. The first-order valence-electron chi connectivity index (χ1n) is 5.43. The third-order valence-electron chi connectivity index (χ3n) is 3.16. The average Bonchev–Trinajstić information content (AvgIpc) is 2.23. The van der Waals surface area contributed by atoms with E-state index < -0.39 is 0 Å². The van der Waals surface area contributed by atoms with E-state index in [-0.39, 0.29) is 0 Å². The van der Waals surface area contributed by atoms with Gasteiger partial charge in [0.15, 0.2) is 0 Å². The van der Waals surface area contributed by atoms with Crippen molar-refractivity contribution in [1.29, 1.82) is 0 Å². The minimum atomic E-state index is 0.380. The molecule has 1 aliphatic heterocycles. The van der Waals surface area contributed by atoms with E-state index in [1.165, 1.54) is 9.26 Å². The van der Waals surface area contributed by atoms with E-state index in [1.54, 1.807) is 0 Å². The van der Waals surface area contributed by atoms with Crippen molar-refractivity contribution in [2.45, 2.75) is 19.4 Å². The van der Waals surface area contributed by atoms with Gasteiger partial charge in [0, 0.05) is 28.4 Å². The fraction of sp³-hybridized carbons (Fsp3) is 0.500. The summed E-state index contributed by atoms with van der Waals surface area (Å²) in [6, 6.07) is 9.10. The zero-order valence-electron chi connectivity index (χ0n) is 8.99. The number of hydrogen-bond donors (Lipinski definition) is 1. The van der Waals surface area contributed by atoms with Crippen molar-refractivity contribution < 1.29 is 0 Å². The van der Waals surface area contributed by atoms with Gasteiger partial charge >= 0.3 is 0 Å². The molecule has 2 rings (SSSR count). The first kappa shape index (κ1) is 11.2. The van der Waals surface area contributed by atoms with Crippen molar-refractivity contribution in [3.8, 4) is 0 Å². The van der Waals surface area contributed by atoms with E-state index in [0.717, 1.165) is 19.5 Å². The molecule has 3 heteroatoms. The van der Waals surface area contributed by atoms with Crippen LogP contribution in [0.15, 0.2) is 24.3 Å². The van der Waals surface area contributed by atoms with Gasteiger partial charge in [0.05, 0.1) is 0 Å². The highest BCUT2D eigenvalue weighted by molar-refractivity contribution is 14.1. The van der Waals surface area contributed by atoms with Gasteiger partial charge in [0.25, 0.3) is 0 Å². The van der Waals surface area contributed by atoms with Crippen molar-refractivity contribution in [3.05, 3.63) is 27.8 Å². The third-order valence-corrected chi connectivity index (χ3v) is 3.88. The summed E-state index contributed by atoms with van der Waals surface area (Å²) in [5.74, 6) is 0.595. The van der Waals surface area contributed by atoms with Gasteiger partial charge in [-0.15, -0.1) is 0 Å². The van der Waals surface area contributed by atoms with Gasteiger partial charge in [-0.3, -0.25) is 0 Å². The van der Waals surface area contributed by atoms with Crippen molar-refractivity contribution in [1.82, 2.24) is 0 Å². The predicted octanol–water partition coefficient (Wildman–Crippen LogP) is 2.46. The minimum absolute atomic E-state index is 0.380. The summed E-state index contributed by atoms with van der Waals surface area (Å²) in [4.78, 5) is 2.43.